The van der Waals surface area contributed by atoms with Gasteiger partial charge in [0.15, 0.2) is 0 Å². The van der Waals surface area contributed by atoms with Crippen LogP contribution in [0.25, 0.3) is 0 Å². The van der Waals surface area contributed by atoms with Gasteiger partial charge in [-0.1, -0.05) is 43.3 Å². The normalized spacial score (nSPS) is 12.6. The van der Waals surface area contributed by atoms with Crippen LogP contribution in [0.2, 0.25) is 0 Å². The molecule has 0 aliphatic heterocycles. The molecule has 0 saturated carbocycles. The van der Waals surface area contributed by atoms with E-state index in [1.165, 1.54) is 19.2 Å². The zero-order valence-electron chi connectivity index (χ0n) is 17.4. The minimum Gasteiger partial charge on any atom is -0.382 e. The van der Waals surface area contributed by atoms with E-state index in [2.05, 4.69) is 22.5 Å². The van der Waals surface area contributed by atoms with E-state index in [0.717, 1.165) is 36.3 Å². The van der Waals surface area contributed by atoms with Crippen LogP contribution in [-0.2, 0) is 24.0 Å². The molecule has 0 fully saturated rings. The maximum atomic E-state index is 13.0. The monoisotopic (exact) mass is 423 g/mol. The zero-order valence-corrected chi connectivity index (χ0v) is 17.4. The highest BCUT2D eigenvalue weighted by atomic mass is 19.4. The van der Waals surface area contributed by atoms with Gasteiger partial charge < -0.3 is 20.3 Å². The Labute approximate surface area is 175 Å². The van der Waals surface area contributed by atoms with Gasteiger partial charge in [0.2, 0.25) is 0 Å². The number of carbonyl (C=O) groups excluding carboxylic acids is 1. The number of halogens is 3. The molecule has 30 heavy (non-hydrogen) atoms. The summed E-state index contributed by atoms with van der Waals surface area (Å²) in [5.74, 6) is 0. The lowest BCUT2D eigenvalue weighted by Crippen LogP contribution is -2.39. The van der Waals surface area contributed by atoms with Crippen LogP contribution in [0, 0.1) is 0 Å². The second kappa shape index (κ2) is 11.0. The Balaban J connectivity index is 2.00. The number of alkyl halides is 3. The number of nitrogens with zero attached hydrogens (tertiary/aromatic N) is 1. The van der Waals surface area contributed by atoms with E-state index >= 15 is 0 Å². The Morgan fingerprint density at radius 2 is 1.83 bits per heavy atom. The Morgan fingerprint density at radius 3 is 2.50 bits per heavy atom. The first-order valence-electron chi connectivity index (χ1n) is 9.69. The van der Waals surface area contributed by atoms with Crippen LogP contribution < -0.4 is 10.6 Å². The minimum atomic E-state index is -4.45. The first kappa shape index (κ1) is 23.7. The molecule has 0 bridgehead atoms. The molecule has 2 amide bonds. The van der Waals surface area contributed by atoms with Crippen molar-refractivity contribution >= 4 is 6.03 Å². The number of methoxy groups -OCH3 is 1. The van der Waals surface area contributed by atoms with Crippen molar-refractivity contribution < 1.29 is 22.7 Å². The van der Waals surface area contributed by atoms with Crippen LogP contribution in [0.3, 0.4) is 0 Å². The third kappa shape index (κ3) is 7.35. The molecule has 1 unspecified atom stereocenters. The second-order valence-corrected chi connectivity index (χ2v) is 7.11. The fourth-order valence-electron chi connectivity index (χ4n) is 2.97. The van der Waals surface area contributed by atoms with Crippen molar-refractivity contribution in [2.24, 2.45) is 0 Å². The van der Waals surface area contributed by atoms with Crippen molar-refractivity contribution in [1.82, 2.24) is 15.5 Å². The number of amides is 2. The molecule has 0 radical (unpaired) electrons. The Morgan fingerprint density at radius 1 is 1.13 bits per heavy atom. The van der Waals surface area contributed by atoms with E-state index in [1.54, 1.807) is 0 Å². The lowest BCUT2D eigenvalue weighted by atomic mass is 10.0. The topological polar surface area (TPSA) is 53.6 Å². The van der Waals surface area contributed by atoms with E-state index < -0.39 is 23.8 Å². The van der Waals surface area contributed by atoms with Gasteiger partial charge in [-0.05, 0) is 42.4 Å². The highest BCUT2D eigenvalue weighted by Gasteiger charge is 2.31. The SMILES string of the molecule is CCN(C)Cc1cccc(CNC(=O)NC(COC)c2cccc(C(F)(F)F)c2)c1. The van der Waals surface area contributed by atoms with Gasteiger partial charge >= 0.3 is 12.2 Å². The molecule has 0 aliphatic rings. The van der Waals surface area contributed by atoms with Gasteiger partial charge in [0.1, 0.15) is 0 Å². The highest BCUT2D eigenvalue weighted by Crippen LogP contribution is 2.30. The number of urea groups is 1. The smallest absolute Gasteiger partial charge is 0.382 e. The summed E-state index contributed by atoms with van der Waals surface area (Å²) in [5, 5.41) is 5.44. The van der Waals surface area contributed by atoms with Crippen LogP contribution in [0.1, 0.15) is 35.2 Å². The molecule has 0 aliphatic carbocycles. The van der Waals surface area contributed by atoms with Crippen LogP contribution in [-0.4, -0.2) is 38.2 Å². The Kier molecular flexibility index (Phi) is 8.68. The van der Waals surface area contributed by atoms with Gasteiger partial charge in [-0.25, -0.2) is 4.79 Å². The van der Waals surface area contributed by atoms with Crippen molar-refractivity contribution in [3.8, 4) is 0 Å². The molecule has 2 aromatic rings. The number of rotatable bonds is 9. The van der Waals surface area contributed by atoms with E-state index in [0.29, 0.717) is 12.1 Å². The van der Waals surface area contributed by atoms with Gasteiger partial charge in [-0.2, -0.15) is 13.2 Å². The Bertz CT molecular complexity index is 827. The standard InChI is InChI=1S/C22H28F3N3O2/c1-4-28(2)14-17-8-5-7-16(11-17)13-26-21(29)27-20(15-30-3)18-9-6-10-19(12-18)22(23,24)25/h5-12,20H,4,13-15H2,1-3H3,(H2,26,27,29). The van der Waals surface area contributed by atoms with Crippen LogP contribution in [0.5, 0.6) is 0 Å². The largest absolute Gasteiger partial charge is 0.416 e. The van der Waals surface area contributed by atoms with Crippen molar-refractivity contribution in [2.75, 3.05) is 27.3 Å². The van der Waals surface area contributed by atoms with E-state index in [9.17, 15) is 18.0 Å². The summed E-state index contributed by atoms with van der Waals surface area (Å²) in [4.78, 5) is 14.5. The lowest BCUT2D eigenvalue weighted by molar-refractivity contribution is -0.137. The quantitative estimate of drug-likeness (QED) is 0.631. The third-order valence-electron chi connectivity index (χ3n) is 4.69. The van der Waals surface area contributed by atoms with Gasteiger partial charge in [0.05, 0.1) is 18.2 Å². The fourth-order valence-corrected chi connectivity index (χ4v) is 2.97. The molecule has 0 aromatic heterocycles. The molecule has 164 valence electrons. The van der Waals surface area contributed by atoms with Crippen molar-refractivity contribution in [3.05, 3.63) is 70.8 Å². The molecule has 0 heterocycles. The zero-order chi connectivity index (χ0) is 22.1. The number of hydrogen-bond acceptors (Lipinski definition) is 3. The summed E-state index contributed by atoms with van der Waals surface area (Å²) in [7, 11) is 3.46. The summed E-state index contributed by atoms with van der Waals surface area (Å²) in [6, 6.07) is 11.6. The lowest BCUT2D eigenvalue weighted by Gasteiger charge is -2.20. The minimum absolute atomic E-state index is 0.0492. The molecule has 5 nitrogen and oxygen atoms in total. The molecule has 2 aromatic carbocycles. The van der Waals surface area contributed by atoms with Crippen LogP contribution >= 0.6 is 0 Å². The van der Waals surface area contributed by atoms with Crippen LogP contribution in [0.15, 0.2) is 48.5 Å². The average molecular weight is 423 g/mol. The summed E-state index contributed by atoms with van der Waals surface area (Å²) in [6.07, 6.45) is -4.45. The van der Waals surface area contributed by atoms with Gasteiger partial charge in [0, 0.05) is 20.2 Å². The molecule has 1 atom stereocenters. The van der Waals surface area contributed by atoms with Crippen LogP contribution in [0.4, 0.5) is 18.0 Å². The van der Waals surface area contributed by atoms with Crippen molar-refractivity contribution in [1.29, 1.82) is 0 Å². The Hall–Kier alpha value is -2.58. The van der Waals surface area contributed by atoms with Crippen molar-refractivity contribution in [3.63, 3.8) is 0 Å². The maximum absolute atomic E-state index is 13.0. The molecule has 2 N–H and O–H groups in total. The number of ether oxygens (including phenoxy) is 1. The van der Waals surface area contributed by atoms with Gasteiger partial charge in [-0.3, -0.25) is 0 Å². The molecule has 0 spiro atoms. The molecule has 8 heteroatoms. The molecular weight excluding hydrogens is 395 g/mol. The number of carbonyl (C=O) groups is 1. The predicted octanol–water partition coefficient (Wildman–Crippen LogP) is 4.34. The first-order chi connectivity index (χ1) is 14.2. The molecule has 2 rings (SSSR count). The highest BCUT2D eigenvalue weighted by molar-refractivity contribution is 5.74. The molecular formula is C22H28F3N3O2. The summed E-state index contributed by atoms with van der Waals surface area (Å²) < 4.78 is 44.0. The van der Waals surface area contributed by atoms with Crippen molar-refractivity contribution in [2.45, 2.75) is 32.2 Å². The van der Waals surface area contributed by atoms with Gasteiger partial charge in [-0.15, -0.1) is 0 Å². The molecule has 0 saturated heterocycles. The average Bonchev–Trinajstić information content (AvgIpc) is 2.71. The van der Waals surface area contributed by atoms with E-state index in [-0.39, 0.29) is 6.61 Å². The summed E-state index contributed by atoms with van der Waals surface area (Å²) in [5.41, 5.74) is 1.64. The summed E-state index contributed by atoms with van der Waals surface area (Å²) >= 11 is 0. The fraction of sp³-hybridized carbons (Fsp3) is 0.409. The maximum Gasteiger partial charge on any atom is 0.416 e. The predicted molar refractivity (Wildman–Crippen MR) is 110 cm³/mol. The van der Waals surface area contributed by atoms with E-state index in [1.807, 2.05) is 31.3 Å². The third-order valence-corrected chi connectivity index (χ3v) is 4.69. The number of nitrogens with one attached hydrogen (secondary N) is 2. The number of hydrogen-bond donors (Lipinski definition) is 2. The summed E-state index contributed by atoms with van der Waals surface area (Å²) in [6.45, 7) is 4.17. The van der Waals surface area contributed by atoms with E-state index in [4.69, 9.17) is 4.74 Å². The van der Waals surface area contributed by atoms with Gasteiger partial charge in [0.25, 0.3) is 0 Å². The first-order valence-corrected chi connectivity index (χ1v) is 9.69. The second-order valence-electron chi connectivity index (χ2n) is 7.11. The number of benzene rings is 2.